The molecule has 0 bridgehead atoms. The minimum absolute atomic E-state index is 0.0488. The van der Waals surface area contributed by atoms with E-state index in [4.69, 9.17) is 14.7 Å². The highest BCUT2D eigenvalue weighted by molar-refractivity contribution is 5.84. The molecule has 36 heavy (non-hydrogen) atoms. The minimum Gasteiger partial charge on any atom is -0.487 e. The van der Waals surface area contributed by atoms with Crippen LogP contribution in [0.5, 0.6) is 5.75 Å². The summed E-state index contributed by atoms with van der Waals surface area (Å²) < 4.78 is 33.0. The third-order valence-electron chi connectivity index (χ3n) is 6.50. The van der Waals surface area contributed by atoms with Crippen LogP contribution in [0.1, 0.15) is 38.1 Å². The first kappa shape index (κ1) is 24.1. The molecule has 2 aliphatic rings. The van der Waals surface area contributed by atoms with Gasteiger partial charge in [0.15, 0.2) is 17.4 Å². The lowest BCUT2D eigenvalue weighted by molar-refractivity contribution is -0.148. The van der Waals surface area contributed by atoms with Crippen molar-refractivity contribution in [2.75, 3.05) is 24.5 Å². The average molecular weight is 499 g/mol. The number of aliphatic hydroxyl groups is 1. The fraction of sp³-hybridized carbons (Fsp3) is 0.440. The number of carbonyl (C=O) groups excluding carboxylic acids is 1. The normalized spacial score (nSPS) is 16.7. The minimum atomic E-state index is -1.46. The first-order valence-corrected chi connectivity index (χ1v) is 12.0. The van der Waals surface area contributed by atoms with Crippen LogP contribution in [0.15, 0.2) is 30.6 Å². The Morgan fingerprint density at radius 2 is 1.94 bits per heavy atom. The lowest BCUT2D eigenvalue weighted by atomic mass is 10.0. The van der Waals surface area contributed by atoms with Crippen LogP contribution in [0.2, 0.25) is 0 Å². The summed E-state index contributed by atoms with van der Waals surface area (Å²) in [6.07, 6.45) is 5.02. The molecule has 1 fully saturated rings. The Kier molecular flexibility index (Phi) is 6.33. The first-order valence-electron chi connectivity index (χ1n) is 12.0. The van der Waals surface area contributed by atoms with Crippen LogP contribution in [-0.4, -0.2) is 67.4 Å². The highest BCUT2D eigenvalue weighted by Crippen LogP contribution is 2.33. The van der Waals surface area contributed by atoms with E-state index in [0.29, 0.717) is 50.3 Å². The van der Waals surface area contributed by atoms with Gasteiger partial charge in [0.25, 0.3) is 5.91 Å². The van der Waals surface area contributed by atoms with Crippen molar-refractivity contribution in [3.05, 3.63) is 53.6 Å². The van der Waals surface area contributed by atoms with Crippen molar-refractivity contribution in [1.82, 2.24) is 25.1 Å². The van der Waals surface area contributed by atoms with Crippen molar-refractivity contribution in [3.63, 3.8) is 0 Å². The molecular formula is C25H28F2N6O3. The number of benzene rings is 1. The molecule has 9 nitrogen and oxygen atoms in total. The Morgan fingerprint density at radius 3 is 2.61 bits per heavy atom. The van der Waals surface area contributed by atoms with E-state index < -0.39 is 17.2 Å². The largest absolute Gasteiger partial charge is 0.487 e. The fourth-order valence-electron chi connectivity index (χ4n) is 4.61. The molecule has 190 valence electrons. The molecule has 2 aliphatic heterocycles. The summed E-state index contributed by atoms with van der Waals surface area (Å²) in [4.78, 5) is 26.2. The SMILES string of the molecule is CC(C)(O)C(=O)N1CCc2nc(N3CCC(Oc4ccc(F)cc4F)CC3)c(-c3cn[nH]c3)nc2C1. The number of amides is 1. The van der Waals surface area contributed by atoms with Crippen LogP contribution in [0.25, 0.3) is 11.3 Å². The molecule has 0 atom stereocenters. The fourth-order valence-corrected chi connectivity index (χ4v) is 4.61. The van der Waals surface area contributed by atoms with E-state index in [2.05, 4.69) is 15.1 Å². The molecule has 1 saturated heterocycles. The van der Waals surface area contributed by atoms with Gasteiger partial charge in [-0.3, -0.25) is 9.89 Å². The van der Waals surface area contributed by atoms with Gasteiger partial charge in [0.05, 0.1) is 24.1 Å². The topological polar surface area (TPSA) is 107 Å². The molecule has 0 saturated carbocycles. The molecule has 2 N–H and O–H groups in total. The molecule has 3 aromatic rings. The van der Waals surface area contributed by atoms with Crippen LogP contribution in [0, 0.1) is 11.6 Å². The van der Waals surface area contributed by atoms with E-state index in [0.717, 1.165) is 23.1 Å². The molecule has 1 amide bonds. The van der Waals surface area contributed by atoms with Crippen molar-refractivity contribution in [1.29, 1.82) is 0 Å². The highest BCUT2D eigenvalue weighted by atomic mass is 19.1. The number of anilines is 1. The molecule has 0 aliphatic carbocycles. The summed E-state index contributed by atoms with van der Waals surface area (Å²) in [6.45, 7) is 4.93. The molecule has 0 radical (unpaired) electrons. The second-order valence-corrected chi connectivity index (χ2v) is 9.69. The lowest BCUT2D eigenvalue weighted by Crippen LogP contribution is -2.47. The zero-order valence-corrected chi connectivity index (χ0v) is 20.2. The number of fused-ring (bicyclic) bond motifs is 1. The Hall–Kier alpha value is -3.60. The van der Waals surface area contributed by atoms with Crippen molar-refractivity contribution >= 4 is 11.7 Å². The number of carbonyl (C=O) groups is 1. The van der Waals surface area contributed by atoms with E-state index in [1.54, 1.807) is 17.3 Å². The third-order valence-corrected chi connectivity index (χ3v) is 6.50. The number of hydrogen-bond donors (Lipinski definition) is 2. The predicted molar refractivity (Wildman–Crippen MR) is 127 cm³/mol. The molecule has 11 heteroatoms. The Morgan fingerprint density at radius 1 is 1.17 bits per heavy atom. The number of nitrogens with zero attached hydrogens (tertiary/aromatic N) is 5. The summed E-state index contributed by atoms with van der Waals surface area (Å²) in [5.74, 6) is -0.919. The molecule has 2 aromatic heterocycles. The predicted octanol–water partition coefficient (Wildman–Crippen LogP) is 2.85. The maximum absolute atomic E-state index is 14.0. The van der Waals surface area contributed by atoms with Crippen molar-refractivity contribution in [2.24, 2.45) is 0 Å². The van der Waals surface area contributed by atoms with Gasteiger partial charge in [0.2, 0.25) is 0 Å². The number of aromatic amines is 1. The Labute approximate surface area is 207 Å². The van der Waals surface area contributed by atoms with Gasteiger partial charge in [-0.15, -0.1) is 0 Å². The molecule has 5 rings (SSSR count). The van der Waals surface area contributed by atoms with Gasteiger partial charge in [-0.2, -0.15) is 5.10 Å². The number of H-pyrrole nitrogens is 1. The van der Waals surface area contributed by atoms with Crippen LogP contribution in [-0.2, 0) is 17.8 Å². The number of halogens is 2. The zero-order chi connectivity index (χ0) is 25.4. The van der Waals surface area contributed by atoms with Gasteiger partial charge < -0.3 is 19.6 Å². The molecular weight excluding hydrogens is 470 g/mol. The van der Waals surface area contributed by atoms with Crippen LogP contribution >= 0.6 is 0 Å². The quantitative estimate of drug-likeness (QED) is 0.557. The number of ether oxygens (including phenoxy) is 1. The smallest absolute Gasteiger partial charge is 0.254 e. The van der Waals surface area contributed by atoms with Crippen LogP contribution in [0.4, 0.5) is 14.6 Å². The Bertz CT molecular complexity index is 1250. The number of rotatable bonds is 5. The van der Waals surface area contributed by atoms with Crippen molar-refractivity contribution in [3.8, 4) is 17.0 Å². The number of aromatic nitrogens is 4. The maximum Gasteiger partial charge on any atom is 0.254 e. The monoisotopic (exact) mass is 498 g/mol. The second kappa shape index (κ2) is 9.45. The third kappa shape index (κ3) is 4.88. The van der Waals surface area contributed by atoms with E-state index in [-0.39, 0.29) is 24.3 Å². The molecule has 0 spiro atoms. The number of nitrogens with one attached hydrogen (secondary N) is 1. The van der Waals surface area contributed by atoms with Gasteiger partial charge in [-0.1, -0.05) is 0 Å². The summed E-state index contributed by atoms with van der Waals surface area (Å²) in [6, 6.07) is 3.32. The van der Waals surface area contributed by atoms with Crippen molar-refractivity contribution in [2.45, 2.75) is 51.4 Å². The maximum atomic E-state index is 14.0. The Balaban J connectivity index is 1.36. The van der Waals surface area contributed by atoms with Gasteiger partial charge in [0.1, 0.15) is 23.2 Å². The van der Waals surface area contributed by atoms with E-state index in [1.165, 1.54) is 26.0 Å². The molecule has 1 aromatic carbocycles. The van der Waals surface area contributed by atoms with E-state index >= 15 is 0 Å². The summed E-state index contributed by atoms with van der Waals surface area (Å²) in [5, 5.41) is 17.0. The molecule has 0 unspecified atom stereocenters. The zero-order valence-electron chi connectivity index (χ0n) is 20.2. The van der Waals surface area contributed by atoms with Gasteiger partial charge in [0, 0.05) is 56.7 Å². The summed E-state index contributed by atoms with van der Waals surface area (Å²) >= 11 is 0. The number of hydrogen-bond acceptors (Lipinski definition) is 7. The first-order chi connectivity index (χ1) is 17.2. The summed E-state index contributed by atoms with van der Waals surface area (Å²) in [7, 11) is 0. The average Bonchev–Trinajstić information content (AvgIpc) is 3.39. The van der Waals surface area contributed by atoms with Crippen molar-refractivity contribution < 1.29 is 23.4 Å². The highest BCUT2D eigenvalue weighted by Gasteiger charge is 2.34. The van der Waals surface area contributed by atoms with Gasteiger partial charge in [-0.05, 0) is 26.0 Å². The summed E-state index contributed by atoms with van der Waals surface area (Å²) in [5.41, 5.74) is 1.50. The molecule has 4 heterocycles. The lowest BCUT2D eigenvalue weighted by Gasteiger charge is -2.35. The van der Waals surface area contributed by atoms with E-state index in [9.17, 15) is 18.7 Å². The van der Waals surface area contributed by atoms with Gasteiger partial charge in [-0.25, -0.2) is 18.7 Å². The van der Waals surface area contributed by atoms with Crippen LogP contribution < -0.4 is 9.64 Å². The second-order valence-electron chi connectivity index (χ2n) is 9.69. The standard InChI is InChI=1S/C25H28F2N6O3/c1-25(2,35)24(34)33-10-7-19-20(14-33)30-22(15-12-28-29-13-15)23(31-19)32-8-5-17(6-9-32)36-21-4-3-16(26)11-18(21)27/h3-4,11-13,17,35H,5-10,14H2,1-2H3,(H,28,29). The van der Waals surface area contributed by atoms with E-state index in [1.807, 2.05) is 0 Å². The van der Waals surface area contributed by atoms with Crippen LogP contribution in [0.3, 0.4) is 0 Å². The van der Waals surface area contributed by atoms with Gasteiger partial charge >= 0.3 is 0 Å². The number of piperidine rings is 1.